The zero-order valence-electron chi connectivity index (χ0n) is 6.61. The molecule has 0 saturated heterocycles. The SMILES string of the molecule is CNc1nc(Cl)nc(N)c1[N+](=O)[O-]. The average Bonchev–Trinajstić information content (AvgIpc) is 2.01. The highest BCUT2D eigenvalue weighted by molar-refractivity contribution is 6.28. The van der Waals surface area contributed by atoms with Crippen LogP contribution in [-0.4, -0.2) is 21.9 Å². The van der Waals surface area contributed by atoms with Crippen molar-refractivity contribution in [2.24, 2.45) is 0 Å². The van der Waals surface area contributed by atoms with E-state index >= 15 is 0 Å². The molecule has 0 aliphatic heterocycles. The van der Waals surface area contributed by atoms with Crippen molar-refractivity contribution in [3.8, 4) is 0 Å². The molecular weight excluding hydrogens is 198 g/mol. The topological polar surface area (TPSA) is 107 Å². The van der Waals surface area contributed by atoms with Crippen LogP contribution in [0.4, 0.5) is 17.3 Å². The number of rotatable bonds is 2. The molecule has 0 unspecified atom stereocenters. The Kier molecular flexibility index (Phi) is 2.47. The second kappa shape index (κ2) is 3.40. The third-order valence-electron chi connectivity index (χ3n) is 1.30. The first kappa shape index (κ1) is 9.46. The summed E-state index contributed by atoms with van der Waals surface area (Å²) in [6.45, 7) is 0. The van der Waals surface area contributed by atoms with Crippen LogP contribution in [0.15, 0.2) is 0 Å². The first-order chi connectivity index (χ1) is 6.06. The van der Waals surface area contributed by atoms with E-state index in [4.69, 9.17) is 17.3 Å². The normalized spacial score (nSPS) is 9.69. The van der Waals surface area contributed by atoms with Crippen LogP contribution in [-0.2, 0) is 0 Å². The van der Waals surface area contributed by atoms with Gasteiger partial charge in [-0.05, 0) is 11.6 Å². The minimum atomic E-state index is -0.669. The van der Waals surface area contributed by atoms with Crippen molar-refractivity contribution in [3.05, 3.63) is 15.4 Å². The molecular formula is C5H6ClN5O2. The van der Waals surface area contributed by atoms with Gasteiger partial charge < -0.3 is 11.1 Å². The third-order valence-corrected chi connectivity index (χ3v) is 1.47. The number of halogens is 1. The molecule has 70 valence electrons. The predicted molar refractivity (Wildman–Crippen MR) is 47.7 cm³/mol. The fourth-order valence-electron chi connectivity index (χ4n) is 0.798. The van der Waals surface area contributed by atoms with Crippen molar-refractivity contribution in [1.29, 1.82) is 0 Å². The summed E-state index contributed by atoms with van der Waals surface area (Å²) >= 11 is 5.44. The minimum Gasteiger partial charge on any atom is -0.378 e. The maximum Gasteiger partial charge on any atom is 0.353 e. The molecule has 7 nitrogen and oxygen atoms in total. The molecule has 0 aromatic carbocycles. The van der Waals surface area contributed by atoms with Gasteiger partial charge in [0.2, 0.25) is 16.9 Å². The number of hydrogen-bond acceptors (Lipinski definition) is 6. The molecule has 0 bridgehead atoms. The zero-order valence-corrected chi connectivity index (χ0v) is 7.37. The van der Waals surface area contributed by atoms with E-state index in [1.54, 1.807) is 0 Å². The minimum absolute atomic E-state index is 0.00231. The average molecular weight is 204 g/mol. The Labute approximate surface area is 78.1 Å². The van der Waals surface area contributed by atoms with E-state index in [0.717, 1.165) is 0 Å². The summed E-state index contributed by atoms with van der Waals surface area (Å²) in [5.41, 5.74) is 4.91. The fourth-order valence-corrected chi connectivity index (χ4v) is 0.974. The molecule has 3 N–H and O–H groups in total. The number of hydrogen-bond donors (Lipinski definition) is 2. The lowest BCUT2D eigenvalue weighted by atomic mass is 10.4. The second-order valence-corrected chi connectivity index (χ2v) is 2.42. The Morgan fingerprint density at radius 1 is 1.62 bits per heavy atom. The summed E-state index contributed by atoms with van der Waals surface area (Å²) in [5, 5.41) is 12.8. The molecule has 0 atom stereocenters. The van der Waals surface area contributed by atoms with Crippen molar-refractivity contribution in [1.82, 2.24) is 9.97 Å². The van der Waals surface area contributed by atoms with Gasteiger partial charge in [0.1, 0.15) is 0 Å². The molecule has 8 heteroatoms. The van der Waals surface area contributed by atoms with Crippen LogP contribution in [0, 0.1) is 10.1 Å². The Hall–Kier alpha value is -1.63. The molecule has 1 aromatic heterocycles. The number of anilines is 2. The van der Waals surface area contributed by atoms with Crippen LogP contribution < -0.4 is 11.1 Å². The summed E-state index contributed by atoms with van der Waals surface area (Å²) in [5.74, 6) is -0.253. The van der Waals surface area contributed by atoms with E-state index in [9.17, 15) is 10.1 Å². The molecule has 0 saturated carbocycles. The quantitative estimate of drug-likeness (QED) is 0.415. The molecule has 1 heterocycles. The van der Waals surface area contributed by atoms with Gasteiger partial charge >= 0.3 is 5.69 Å². The van der Waals surface area contributed by atoms with Crippen LogP contribution in [0.5, 0.6) is 0 Å². The fraction of sp³-hybridized carbons (Fsp3) is 0.200. The third kappa shape index (κ3) is 1.75. The number of nitrogen functional groups attached to an aromatic ring is 1. The van der Waals surface area contributed by atoms with Crippen molar-refractivity contribution < 1.29 is 4.92 Å². The lowest BCUT2D eigenvalue weighted by Gasteiger charge is -2.02. The van der Waals surface area contributed by atoms with Crippen LogP contribution in [0.2, 0.25) is 5.28 Å². The molecule has 0 fully saturated rings. The summed E-state index contributed by atoms with van der Waals surface area (Å²) in [6, 6.07) is 0. The van der Waals surface area contributed by atoms with E-state index in [2.05, 4.69) is 15.3 Å². The zero-order chi connectivity index (χ0) is 10.0. The molecule has 0 spiro atoms. The van der Waals surface area contributed by atoms with Crippen LogP contribution in [0.3, 0.4) is 0 Å². The molecule has 0 aliphatic rings. The first-order valence-corrected chi connectivity index (χ1v) is 3.59. The highest BCUT2D eigenvalue weighted by Gasteiger charge is 2.21. The monoisotopic (exact) mass is 203 g/mol. The van der Waals surface area contributed by atoms with Gasteiger partial charge in [-0.3, -0.25) is 10.1 Å². The van der Waals surface area contributed by atoms with Crippen molar-refractivity contribution in [2.45, 2.75) is 0 Å². The van der Waals surface area contributed by atoms with E-state index in [1.165, 1.54) is 7.05 Å². The maximum absolute atomic E-state index is 10.5. The largest absolute Gasteiger partial charge is 0.378 e. The van der Waals surface area contributed by atoms with Crippen molar-refractivity contribution in [3.63, 3.8) is 0 Å². The van der Waals surface area contributed by atoms with Gasteiger partial charge in [-0.2, -0.15) is 9.97 Å². The lowest BCUT2D eigenvalue weighted by molar-refractivity contribution is -0.383. The number of nitro groups is 1. The van der Waals surface area contributed by atoms with Crippen molar-refractivity contribution in [2.75, 3.05) is 18.1 Å². The highest BCUT2D eigenvalue weighted by Crippen LogP contribution is 2.27. The summed E-state index contributed by atoms with van der Waals surface area (Å²) in [7, 11) is 1.48. The first-order valence-electron chi connectivity index (χ1n) is 3.21. The standard InChI is InChI=1S/C5H6ClN5O2/c1-8-4-2(11(12)13)3(7)9-5(6)10-4/h1H3,(H3,7,8,9,10). The predicted octanol–water partition coefficient (Wildman–Crippen LogP) is 0.662. The maximum atomic E-state index is 10.5. The van der Waals surface area contributed by atoms with E-state index in [1.807, 2.05) is 0 Å². The van der Waals surface area contributed by atoms with Gasteiger partial charge in [-0.25, -0.2) is 0 Å². The molecule has 1 aromatic rings. The van der Waals surface area contributed by atoms with E-state index in [-0.39, 0.29) is 22.6 Å². The summed E-state index contributed by atoms with van der Waals surface area (Å²) in [4.78, 5) is 16.9. The Morgan fingerprint density at radius 3 is 2.69 bits per heavy atom. The second-order valence-electron chi connectivity index (χ2n) is 2.08. The Balaban J connectivity index is 3.38. The van der Waals surface area contributed by atoms with Crippen LogP contribution in [0.1, 0.15) is 0 Å². The Morgan fingerprint density at radius 2 is 2.23 bits per heavy atom. The van der Waals surface area contributed by atoms with Gasteiger partial charge in [0.25, 0.3) is 0 Å². The number of aromatic nitrogens is 2. The van der Waals surface area contributed by atoms with Gasteiger partial charge in [0.05, 0.1) is 4.92 Å². The molecule has 13 heavy (non-hydrogen) atoms. The van der Waals surface area contributed by atoms with Gasteiger partial charge in [0.15, 0.2) is 0 Å². The summed E-state index contributed by atoms with van der Waals surface area (Å²) < 4.78 is 0. The number of nitrogens with one attached hydrogen (secondary N) is 1. The smallest absolute Gasteiger partial charge is 0.353 e. The van der Waals surface area contributed by atoms with Crippen LogP contribution >= 0.6 is 11.6 Å². The highest BCUT2D eigenvalue weighted by atomic mass is 35.5. The number of nitrogens with two attached hydrogens (primary N) is 1. The lowest BCUT2D eigenvalue weighted by Crippen LogP contribution is -2.05. The van der Waals surface area contributed by atoms with Gasteiger partial charge in [-0.1, -0.05) is 0 Å². The summed E-state index contributed by atoms with van der Waals surface area (Å²) in [6.07, 6.45) is 0. The van der Waals surface area contributed by atoms with Crippen LogP contribution in [0.25, 0.3) is 0 Å². The van der Waals surface area contributed by atoms with E-state index in [0.29, 0.717) is 0 Å². The molecule has 0 aliphatic carbocycles. The molecule has 0 radical (unpaired) electrons. The Bertz CT molecular complexity index is 355. The van der Waals surface area contributed by atoms with Crippen molar-refractivity contribution >= 4 is 28.9 Å². The van der Waals surface area contributed by atoms with Gasteiger partial charge in [0, 0.05) is 7.05 Å². The van der Waals surface area contributed by atoms with E-state index < -0.39 is 4.92 Å². The number of nitrogens with zero attached hydrogens (tertiary/aromatic N) is 3. The van der Waals surface area contributed by atoms with Gasteiger partial charge in [-0.15, -0.1) is 0 Å². The molecule has 1 rings (SSSR count). The molecule has 0 amide bonds.